The van der Waals surface area contributed by atoms with Crippen molar-refractivity contribution in [3.05, 3.63) is 34.0 Å². The van der Waals surface area contributed by atoms with E-state index in [4.69, 9.17) is 0 Å². The van der Waals surface area contributed by atoms with Crippen molar-refractivity contribution in [2.45, 2.75) is 25.9 Å². The molecule has 0 aromatic carbocycles. The lowest BCUT2D eigenvalue weighted by atomic mass is 10.3. The predicted octanol–water partition coefficient (Wildman–Crippen LogP) is 1.43. The van der Waals surface area contributed by atoms with Crippen LogP contribution in [0.3, 0.4) is 0 Å². The molecule has 1 atom stereocenters. The van der Waals surface area contributed by atoms with E-state index in [-0.39, 0.29) is 12.0 Å². The number of aromatic amines is 1. The lowest BCUT2D eigenvalue weighted by Crippen LogP contribution is -2.18. The average molecular weight is 280 g/mol. The van der Waals surface area contributed by atoms with Gasteiger partial charge < -0.3 is 10.1 Å². The molecule has 0 amide bonds. The molecule has 2 heterocycles. The molecule has 0 aliphatic heterocycles. The second-order valence-corrected chi connectivity index (χ2v) is 5.35. The van der Waals surface area contributed by atoms with Gasteiger partial charge in [-0.3, -0.25) is 9.89 Å². The van der Waals surface area contributed by atoms with Crippen LogP contribution < -0.4 is 5.32 Å². The quantitative estimate of drug-likeness (QED) is 0.783. The molecule has 0 saturated heterocycles. The summed E-state index contributed by atoms with van der Waals surface area (Å²) in [7, 11) is 1.40. The Hall–Kier alpha value is -1.73. The minimum absolute atomic E-state index is 0.105. The highest BCUT2D eigenvalue weighted by molar-refractivity contribution is 7.12. The van der Waals surface area contributed by atoms with Crippen molar-refractivity contribution in [1.29, 1.82) is 0 Å². The highest BCUT2D eigenvalue weighted by Crippen LogP contribution is 2.18. The molecule has 7 heteroatoms. The highest BCUT2D eigenvalue weighted by atomic mass is 32.1. The van der Waals surface area contributed by atoms with Gasteiger partial charge in [0.15, 0.2) is 0 Å². The Morgan fingerprint density at radius 2 is 2.32 bits per heavy atom. The van der Waals surface area contributed by atoms with Crippen LogP contribution in [0, 0.1) is 0 Å². The fourth-order valence-corrected chi connectivity index (χ4v) is 2.56. The summed E-state index contributed by atoms with van der Waals surface area (Å²) in [6.45, 7) is 2.75. The highest BCUT2D eigenvalue weighted by Gasteiger charge is 2.09. The van der Waals surface area contributed by atoms with Crippen LogP contribution in [0.15, 0.2) is 18.5 Å². The van der Waals surface area contributed by atoms with Gasteiger partial charge in [-0.1, -0.05) is 0 Å². The Morgan fingerprint density at radius 1 is 1.53 bits per heavy atom. The van der Waals surface area contributed by atoms with Crippen molar-refractivity contribution in [2.24, 2.45) is 0 Å². The molecule has 0 spiro atoms. The SMILES string of the molecule is COC(=O)Cc1ccc(CNC(C)c2ncn[nH]2)s1. The lowest BCUT2D eigenvalue weighted by Gasteiger charge is -2.09. The zero-order chi connectivity index (χ0) is 13.7. The van der Waals surface area contributed by atoms with E-state index in [1.165, 1.54) is 18.3 Å². The summed E-state index contributed by atoms with van der Waals surface area (Å²) in [5.41, 5.74) is 0. The second-order valence-electron chi connectivity index (χ2n) is 4.09. The monoisotopic (exact) mass is 280 g/mol. The summed E-state index contributed by atoms with van der Waals surface area (Å²) in [6.07, 6.45) is 1.83. The van der Waals surface area contributed by atoms with Gasteiger partial charge in [0.2, 0.25) is 0 Å². The maximum absolute atomic E-state index is 11.2. The van der Waals surface area contributed by atoms with Gasteiger partial charge in [0.25, 0.3) is 0 Å². The Kier molecular flexibility index (Phi) is 4.64. The van der Waals surface area contributed by atoms with Crippen LogP contribution in [0.4, 0.5) is 0 Å². The predicted molar refractivity (Wildman–Crippen MR) is 71.7 cm³/mol. The van der Waals surface area contributed by atoms with Gasteiger partial charge in [0.1, 0.15) is 12.2 Å². The summed E-state index contributed by atoms with van der Waals surface area (Å²) in [5.74, 6) is 0.600. The summed E-state index contributed by atoms with van der Waals surface area (Å²) >= 11 is 1.61. The molecule has 2 aromatic heterocycles. The van der Waals surface area contributed by atoms with Gasteiger partial charge in [0.05, 0.1) is 19.6 Å². The number of carbonyl (C=O) groups is 1. The molecule has 1 unspecified atom stereocenters. The minimum Gasteiger partial charge on any atom is -0.469 e. The Morgan fingerprint density at radius 3 is 3.00 bits per heavy atom. The first-order valence-electron chi connectivity index (χ1n) is 5.92. The summed E-state index contributed by atoms with van der Waals surface area (Å²) in [5, 5.41) is 9.99. The number of carbonyl (C=O) groups excluding carboxylic acids is 1. The van der Waals surface area contributed by atoms with Crippen LogP contribution in [0.1, 0.15) is 28.5 Å². The Labute approximate surface area is 115 Å². The Bertz CT molecular complexity index is 524. The molecule has 102 valence electrons. The molecule has 0 saturated carbocycles. The fourth-order valence-electron chi connectivity index (χ4n) is 1.60. The molecular formula is C12H16N4O2S. The largest absolute Gasteiger partial charge is 0.469 e. The summed E-state index contributed by atoms with van der Waals surface area (Å²) in [6, 6.07) is 4.08. The van der Waals surface area contributed by atoms with E-state index in [9.17, 15) is 4.79 Å². The van der Waals surface area contributed by atoms with Crippen LogP contribution in [0.5, 0.6) is 0 Å². The third kappa shape index (κ3) is 3.87. The first-order valence-corrected chi connectivity index (χ1v) is 6.73. The van der Waals surface area contributed by atoms with Gasteiger partial charge in [0, 0.05) is 16.3 Å². The van der Waals surface area contributed by atoms with Gasteiger partial charge in [-0.2, -0.15) is 5.10 Å². The number of thiophene rings is 1. The van der Waals surface area contributed by atoms with Crippen LogP contribution in [-0.2, 0) is 22.5 Å². The molecule has 2 N–H and O–H groups in total. The number of ether oxygens (including phenoxy) is 1. The molecule has 2 aromatic rings. The number of methoxy groups -OCH3 is 1. The fraction of sp³-hybridized carbons (Fsp3) is 0.417. The van der Waals surface area contributed by atoms with Crippen molar-refractivity contribution in [2.75, 3.05) is 7.11 Å². The maximum atomic E-state index is 11.2. The summed E-state index contributed by atoms with van der Waals surface area (Å²) < 4.78 is 4.64. The van der Waals surface area contributed by atoms with E-state index < -0.39 is 0 Å². The first-order chi connectivity index (χ1) is 9.19. The lowest BCUT2D eigenvalue weighted by molar-refractivity contribution is -0.139. The van der Waals surface area contributed by atoms with Crippen molar-refractivity contribution in [1.82, 2.24) is 20.5 Å². The number of nitrogens with one attached hydrogen (secondary N) is 2. The van der Waals surface area contributed by atoms with Crippen LogP contribution >= 0.6 is 11.3 Å². The van der Waals surface area contributed by atoms with Crippen LogP contribution in [0.25, 0.3) is 0 Å². The average Bonchev–Trinajstić information content (AvgIpc) is 3.07. The molecule has 19 heavy (non-hydrogen) atoms. The molecule has 6 nitrogen and oxygen atoms in total. The van der Waals surface area contributed by atoms with Gasteiger partial charge in [-0.05, 0) is 19.1 Å². The third-order valence-corrected chi connectivity index (χ3v) is 3.78. The number of H-pyrrole nitrogens is 1. The first kappa shape index (κ1) is 13.7. The molecule has 2 rings (SSSR count). The Balaban J connectivity index is 1.85. The number of esters is 1. The topological polar surface area (TPSA) is 79.9 Å². The normalized spacial score (nSPS) is 12.3. The van der Waals surface area contributed by atoms with Gasteiger partial charge in [-0.25, -0.2) is 4.98 Å². The van der Waals surface area contributed by atoms with E-state index in [0.717, 1.165) is 17.2 Å². The molecule has 0 bridgehead atoms. The number of aromatic nitrogens is 3. The zero-order valence-electron chi connectivity index (χ0n) is 10.8. The van der Waals surface area contributed by atoms with Crippen LogP contribution in [0.2, 0.25) is 0 Å². The van der Waals surface area contributed by atoms with Crippen LogP contribution in [-0.4, -0.2) is 28.3 Å². The van der Waals surface area contributed by atoms with E-state index >= 15 is 0 Å². The molecule has 0 aliphatic carbocycles. The van der Waals surface area contributed by atoms with Crippen molar-refractivity contribution in [3.63, 3.8) is 0 Å². The standard InChI is InChI=1S/C12H16N4O2S/c1-8(12-14-7-15-16-12)13-6-10-4-3-9(19-10)5-11(17)18-2/h3-4,7-8,13H,5-6H2,1-2H3,(H,14,15,16). The minimum atomic E-state index is -0.212. The number of hydrogen-bond acceptors (Lipinski definition) is 6. The van der Waals surface area contributed by atoms with E-state index in [1.54, 1.807) is 11.3 Å². The summed E-state index contributed by atoms with van der Waals surface area (Å²) in [4.78, 5) is 17.4. The van der Waals surface area contributed by atoms with Gasteiger partial charge >= 0.3 is 5.97 Å². The molecule has 0 aliphatic rings. The molecular weight excluding hydrogens is 264 g/mol. The number of rotatable bonds is 6. The van der Waals surface area contributed by atoms with E-state index in [0.29, 0.717) is 6.42 Å². The van der Waals surface area contributed by atoms with E-state index in [2.05, 4.69) is 25.2 Å². The molecule has 0 fully saturated rings. The number of nitrogens with zero attached hydrogens (tertiary/aromatic N) is 2. The molecule has 0 radical (unpaired) electrons. The van der Waals surface area contributed by atoms with Gasteiger partial charge in [-0.15, -0.1) is 11.3 Å². The van der Waals surface area contributed by atoms with Crippen molar-refractivity contribution >= 4 is 17.3 Å². The second kappa shape index (κ2) is 6.44. The third-order valence-electron chi connectivity index (χ3n) is 2.69. The zero-order valence-corrected chi connectivity index (χ0v) is 11.7. The van der Waals surface area contributed by atoms with Crippen molar-refractivity contribution in [3.8, 4) is 0 Å². The number of hydrogen-bond donors (Lipinski definition) is 2. The van der Waals surface area contributed by atoms with E-state index in [1.807, 2.05) is 19.1 Å². The maximum Gasteiger partial charge on any atom is 0.310 e. The van der Waals surface area contributed by atoms with Crippen molar-refractivity contribution < 1.29 is 9.53 Å². The smallest absolute Gasteiger partial charge is 0.310 e.